The lowest BCUT2D eigenvalue weighted by Gasteiger charge is -2.08. The summed E-state index contributed by atoms with van der Waals surface area (Å²) in [6.07, 6.45) is 1.36. The number of hydrogen-bond acceptors (Lipinski definition) is 3. The molecule has 0 saturated heterocycles. The standard InChI is InChI=1S/C10H7Cl4N3OS/c1-6-4-7(11)2-3-8(6)16-5-15-17(9(16)18)19-10(12,13)14/h2-5H,1H3. The van der Waals surface area contributed by atoms with Crippen molar-refractivity contribution in [2.24, 2.45) is 0 Å². The van der Waals surface area contributed by atoms with E-state index in [1.807, 2.05) is 6.92 Å². The molecule has 0 atom stereocenters. The number of alkyl halides is 3. The predicted molar refractivity (Wildman–Crippen MR) is 80.9 cm³/mol. The molecule has 0 radical (unpaired) electrons. The van der Waals surface area contributed by atoms with Gasteiger partial charge in [-0.05, 0) is 30.7 Å². The van der Waals surface area contributed by atoms with Crippen LogP contribution in [-0.4, -0.2) is 16.9 Å². The summed E-state index contributed by atoms with van der Waals surface area (Å²) >= 11 is 23.4. The zero-order chi connectivity index (χ0) is 14.2. The Hall–Kier alpha value is -0.330. The monoisotopic (exact) mass is 357 g/mol. The van der Waals surface area contributed by atoms with Crippen LogP contribution in [0.1, 0.15) is 5.56 Å². The maximum atomic E-state index is 12.1. The van der Waals surface area contributed by atoms with Crippen LogP contribution in [0.5, 0.6) is 0 Å². The van der Waals surface area contributed by atoms with Crippen LogP contribution in [0.3, 0.4) is 0 Å². The number of hydrogen-bond donors (Lipinski definition) is 0. The van der Waals surface area contributed by atoms with Crippen LogP contribution in [0.25, 0.3) is 5.69 Å². The maximum Gasteiger partial charge on any atom is 0.361 e. The van der Waals surface area contributed by atoms with Crippen LogP contribution >= 0.6 is 58.4 Å². The van der Waals surface area contributed by atoms with E-state index >= 15 is 0 Å². The average Bonchev–Trinajstić information content (AvgIpc) is 2.59. The highest BCUT2D eigenvalue weighted by molar-refractivity contribution is 8.03. The van der Waals surface area contributed by atoms with Gasteiger partial charge in [-0.3, -0.25) is 0 Å². The molecule has 0 amide bonds. The van der Waals surface area contributed by atoms with Gasteiger partial charge in [0.25, 0.3) is 3.12 Å². The smallest absolute Gasteiger partial charge is 0.249 e. The Morgan fingerprint density at radius 2 is 2.00 bits per heavy atom. The fourth-order valence-corrected chi connectivity index (χ4v) is 2.77. The Balaban J connectivity index is 2.45. The Labute approximate surface area is 133 Å². The summed E-state index contributed by atoms with van der Waals surface area (Å²) in [6, 6.07) is 5.17. The summed E-state index contributed by atoms with van der Waals surface area (Å²) in [5.74, 6) is 0. The van der Waals surface area contributed by atoms with Gasteiger partial charge in [0.1, 0.15) is 6.33 Å². The van der Waals surface area contributed by atoms with E-state index in [0.29, 0.717) is 22.7 Å². The van der Waals surface area contributed by atoms with Crippen molar-refractivity contribution in [1.82, 2.24) is 13.8 Å². The topological polar surface area (TPSA) is 39.8 Å². The van der Waals surface area contributed by atoms with Crippen molar-refractivity contribution in [2.75, 3.05) is 0 Å². The molecule has 19 heavy (non-hydrogen) atoms. The second-order valence-corrected chi connectivity index (χ2v) is 8.16. The number of aryl methyl sites for hydroxylation is 1. The molecule has 2 aromatic rings. The zero-order valence-corrected chi connectivity index (χ0v) is 13.3. The quantitative estimate of drug-likeness (QED) is 0.766. The summed E-state index contributed by atoms with van der Waals surface area (Å²) in [7, 11) is 0. The van der Waals surface area contributed by atoms with Gasteiger partial charge in [-0.2, -0.15) is 0 Å². The van der Waals surface area contributed by atoms with Gasteiger partial charge in [0.2, 0.25) is 0 Å². The molecule has 0 aliphatic heterocycles. The van der Waals surface area contributed by atoms with Gasteiger partial charge in [0.15, 0.2) is 0 Å². The lowest BCUT2D eigenvalue weighted by molar-refractivity contribution is 0.932. The molecule has 102 valence electrons. The average molecular weight is 359 g/mol. The Kier molecular flexibility index (Phi) is 4.42. The van der Waals surface area contributed by atoms with Crippen LogP contribution in [-0.2, 0) is 0 Å². The van der Waals surface area contributed by atoms with Crippen molar-refractivity contribution in [3.8, 4) is 5.69 Å². The molecule has 0 aliphatic carbocycles. The molecular formula is C10H7Cl4N3OS. The first-order chi connectivity index (χ1) is 8.78. The highest BCUT2D eigenvalue weighted by Crippen LogP contribution is 2.38. The van der Waals surface area contributed by atoms with Crippen LogP contribution in [0, 0.1) is 6.92 Å². The minimum Gasteiger partial charge on any atom is -0.249 e. The summed E-state index contributed by atoms with van der Waals surface area (Å²) < 4.78 is 0.716. The van der Waals surface area contributed by atoms with Crippen molar-refractivity contribution in [1.29, 1.82) is 0 Å². The van der Waals surface area contributed by atoms with E-state index in [9.17, 15) is 4.79 Å². The lowest BCUT2D eigenvalue weighted by Crippen LogP contribution is -2.22. The normalized spacial score (nSPS) is 11.8. The third kappa shape index (κ3) is 3.61. The summed E-state index contributed by atoms with van der Waals surface area (Å²) in [5.41, 5.74) is 1.10. The van der Waals surface area contributed by atoms with Crippen LogP contribution < -0.4 is 5.69 Å². The molecule has 1 heterocycles. The first kappa shape index (κ1) is 15.1. The van der Waals surface area contributed by atoms with Gasteiger partial charge in [0.05, 0.1) is 5.69 Å². The molecule has 0 bridgehead atoms. The lowest BCUT2D eigenvalue weighted by atomic mass is 10.2. The first-order valence-corrected chi connectivity index (χ1v) is 7.26. The van der Waals surface area contributed by atoms with Gasteiger partial charge in [-0.25, -0.2) is 9.36 Å². The second-order valence-electron chi connectivity index (χ2n) is 3.62. The molecule has 4 nitrogen and oxygen atoms in total. The molecule has 2 rings (SSSR count). The van der Waals surface area contributed by atoms with E-state index in [4.69, 9.17) is 46.4 Å². The van der Waals surface area contributed by atoms with Crippen LogP contribution in [0.2, 0.25) is 5.02 Å². The third-order valence-corrected chi connectivity index (χ3v) is 3.74. The maximum absolute atomic E-state index is 12.1. The van der Waals surface area contributed by atoms with Gasteiger partial charge in [0, 0.05) is 17.0 Å². The Bertz CT molecular complexity index is 662. The molecule has 9 heteroatoms. The van der Waals surface area contributed by atoms with E-state index in [1.165, 1.54) is 10.9 Å². The minimum absolute atomic E-state index is 0.415. The van der Waals surface area contributed by atoms with Crippen molar-refractivity contribution in [3.63, 3.8) is 0 Å². The second kappa shape index (κ2) is 5.58. The van der Waals surface area contributed by atoms with Crippen LogP contribution in [0.15, 0.2) is 29.3 Å². The van der Waals surface area contributed by atoms with E-state index in [-0.39, 0.29) is 0 Å². The molecule has 0 spiro atoms. The van der Waals surface area contributed by atoms with E-state index in [1.54, 1.807) is 18.2 Å². The molecular weight excluding hydrogens is 352 g/mol. The molecule has 1 aromatic carbocycles. The number of rotatable bonds is 2. The number of halogens is 4. The summed E-state index contributed by atoms with van der Waals surface area (Å²) in [6.45, 7) is 1.84. The number of benzene rings is 1. The third-order valence-electron chi connectivity index (χ3n) is 2.25. The molecule has 0 fully saturated rings. The highest BCUT2D eigenvalue weighted by atomic mass is 35.6. The van der Waals surface area contributed by atoms with E-state index < -0.39 is 8.81 Å². The number of nitrogens with zero attached hydrogens (tertiary/aromatic N) is 3. The largest absolute Gasteiger partial charge is 0.361 e. The van der Waals surface area contributed by atoms with E-state index in [0.717, 1.165) is 9.65 Å². The fourth-order valence-electron chi connectivity index (χ4n) is 1.50. The van der Waals surface area contributed by atoms with Gasteiger partial charge in [-0.1, -0.05) is 46.4 Å². The SMILES string of the molecule is Cc1cc(Cl)ccc1-n1cnn(SC(Cl)(Cl)Cl)c1=O. The minimum atomic E-state index is -1.65. The van der Waals surface area contributed by atoms with Crippen molar-refractivity contribution < 1.29 is 0 Å². The zero-order valence-electron chi connectivity index (χ0n) is 9.48. The number of aromatic nitrogens is 3. The van der Waals surface area contributed by atoms with Crippen molar-refractivity contribution in [2.45, 2.75) is 10.0 Å². The highest BCUT2D eigenvalue weighted by Gasteiger charge is 2.24. The predicted octanol–water partition coefficient (Wildman–Crippen LogP) is 3.82. The molecule has 0 unspecified atom stereocenters. The van der Waals surface area contributed by atoms with Crippen molar-refractivity contribution >= 4 is 58.4 Å². The fraction of sp³-hybridized carbons (Fsp3) is 0.200. The Morgan fingerprint density at radius 1 is 1.32 bits per heavy atom. The molecule has 0 aliphatic rings. The van der Waals surface area contributed by atoms with Crippen LogP contribution in [0.4, 0.5) is 0 Å². The molecule has 1 aromatic heterocycles. The molecule has 0 N–H and O–H groups in total. The molecule has 0 saturated carbocycles. The van der Waals surface area contributed by atoms with Gasteiger partial charge >= 0.3 is 5.69 Å². The summed E-state index contributed by atoms with van der Waals surface area (Å²) in [4.78, 5) is 12.1. The first-order valence-electron chi connectivity index (χ1n) is 4.97. The van der Waals surface area contributed by atoms with Crippen molar-refractivity contribution in [3.05, 3.63) is 45.6 Å². The summed E-state index contributed by atoms with van der Waals surface area (Å²) in [5, 5.41) is 4.48. The Morgan fingerprint density at radius 3 is 2.58 bits per heavy atom. The van der Waals surface area contributed by atoms with Gasteiger partial charge < -0.3 is 0 Å². The van der Waals surface area contributed by atoms with Gasteiger partial charge in [-0.15, -0.1) is 9.19 Å². The van der Waals surface area contributed by atoms with E-state index in [2.05, 4.69) is 5.10 Å².